The van der Waals surface area contributed by atoms with Gasteiger partial charge in [0.1, 0.15) is 23.6 Å². The van der Waals surface area contributed by atoms with E-state index in [1.54, 1.807) is 24.3 Å². The molecular formula is C19H19ClN4O3. The number of hydrogen-bond donors (Lipinski definition) is 1. The molecule has 8 heteroatoms. The fourth-order valence-electron chi connectivity index (χ4n) is 2.69. The van der Waals surface area contributed by atoms with Gasteiger partial charge in [-0.2, -0.15) is 0 Å². The number of nitrogens with one attached hydrogen (secondary N) is 1. The predicted octanol–water partition coefficient (Wildman–Crippen LogP) is 3.62. The van der Waals surface area contributed by atoms with Crippen LogP contribution in [0.25, 0.3) is 10.9 Å². The van der Waals surface area contributed by atoms with Gasteiger partial charge in [0.25, 0.3) is 5.91 Å². The van der Waals surface area contributed by atoms with Crippen molar-refractivity contribution in [2.24, 2.45) is 0 Å². The van der Waals surface area contributed by atoms with Crippen LogP contribution in [0, 0.1) is 0 Å². The number of nitrogens with zero attached hydrogens (tertiary/aromatic N) is 3. The number of halogens is 1. The van der Waals surface area contributed by atoms with Crippen LogP contribution >= 0.6 is 11.6 Å². The topological polar surface area (TPSA) is 76.6 Å². The van der Waals surface area contributed by atoms with E-state index in [4.69, 9.17) is 21.1 Å². The molecule has 3 rings (SSSR count). The molecule has 0 saturated carbocycles. The Kier molecular flexibility index (Phi) is 5.32. The molecule has 0 unspecified atom stereocenters. The summed E-state index contributed by atoms with van der Waals surface area (Å²) in [6.07, 6.45) is 1.48. The van der Waals surface area contributed by atoms with Gasteiger partial charge in [-0.1, -0.05) is 11.6 Å². The molecule has 0 radical (unpaired) electrons. The number of methoxy groups -OCH3 is 2. The maximum atomic E-state index is 12.7. The van der Waals surface area contributed by atoms with Crippen molar-refractivity contribution >= 4 is 39.9 Å². The van der Waals surface area contributed by atoms with Crippen LogP contribution in [0.2, 0.25) is 5.02 Å². The van der Waals surface area contributed by atoms with Crippen molar-refractivity contribution in [1.29, 1.82) is 0 Å². The molecule has 27 heavy (non-hydrogen) atoms. The highest BCUT2D eigenvalue weighted by atomic mass is 35.5. The van der Waals surface area contributed by atoms with Crippen LogP contribution < -0.4 is 19.7 Å². The highest BCUT2D eigenvalue weighted by molar-refractivity contribution is 6.32. The lowest BCUT2D eigenvalue weighted by molar-refractivity contribution is 0.102. The summed E-state index contributed by atoms with van der Waals surface area (Å²) in [6, 6.07) is 8.49. The molecule has 1 aromatic heterocycles. The van der Waals surface area contributed by atoms with Crippen molar-refractivity contribution in [3.05, 3.63) is 47.2 Å². The molecule has 1 heterocycles. The van der Waals surface area contributed by atoms with Gasteiger partial charge >= 0.3 is 0 Å². The number of hydrogen-bond acceptors (Lipinski definition) is 6. The number of rotatable bonds is 5. The Balaban J connectivity index is 1.94. The van der Waals surface area contributed by atoms with Gasteiger partial charge in [-0.05, 0) is 24.3 Å². The maximum Gasteiger partial charge on any atom is 0.255 e. The lowest BCUT2D eigenvalue weighted by atomic mass is 10.1. The summed E-state index contributed by atoms with van der Waals surface area (Å²) in [5.74, 6) is 1.39. The Bertz CT molecular complexity index is 1010. The van der Waals surface area contributed by atoms with E-state index < -0.39 is 0 Å². The third kappa shape index (κ3) is 3.73. The zero-order valence-corrected chi connectivity index (χ0v) is 16.2. The van der Waals surface area contributed by atoms with Crippen LogP contribution in [0.15, 0.2) is 36.7 Å². The molecule has 3 aromatic rings. The first kappa shape index (κ1) is 18.7. The summed E-state index contributed by atoms with van der Waals surface area (Å²) in [5, 5.41) is 4.05. The lowest BCUT2D eigenvalue weighted by Crippen LogP contribution is -2.14. The minimum atomic E-state index is -0.304. The molecule has 0 fully saturated rings. The smallest absolute Gasteiger partial charge is 0.255 e. The summed E-state index contributed by atoms with van der Waals surface area (Å²) >= 11 is 6.16. The zero-order valence-electron chi connectivity index (χ0n) is 15.4. The third-order valence-electron chi connectivity index (χ3n) is 4.02. The van der Waals surface area contributed by atoms with E-state index in [0.717, 1.165) is 11.2 Å². The SMILES string of the molecule is COc1cc(OC)c(NC(=O)c2ccc3c(N(C)C)ncnc3c2)cc1Cl. The van der Waals surface area contributed by atoms with Crippen molar-refractivity contribution in [3.8, 4) is 11.5 Å². The first-order valence-electron chi connectivity index (χ1n) is 8.09. The van der Waals surface area contributed by atoms with Gasteiger partial charge in [-0.15, -0.1) is 0 Å². The summed E-state index contributed by atoms with van der Waals surface area (Å²) in [5.41, 5.74) is 1.59. The Morgan fingerprint density at radius 1 is 1.07 bits per heavy atom. The molecule has 7 nitrogen and oxygen atoms in total. The first-order chi connectivity index (χ1) is 12.9. The van der Waals surface area contributed by atoms with E-state index in [1.807, 2.05) is 25.1 Å². The maximum absolute atomic E-state index is 12.7. The Hall–Kier alpha value is -3.06. The van der Waals surface area contributed by atoms with Crippen molar-refractivity contribution in [2.75, 3.05) is 38.5 Å². The van der Waals surface area contributed by atoms with E-state index >= 15 is 0 Å². The number of benzene rings is 2. The number of amides is 1. The zero-order chi connectivity index (χ0) is 19.6. The largest absolute Gasteiger partial charge is 0.495 e. The standard InChI is InChI=1S/C19H19ClN4O3/c1-24(2)18-12-6-5-11(7-14(12)21-10-22-18)19(25)23-15-8-13(20)16(26-3)9-17(15)27-4/h5-10H,1-4H3,(H,23,25). The number of carbonyl (C=O) groups is 1. The molecular weight excluding hydrogens is 368 g/mol. The molecule has 0 aliphatic heterocycles. The average Bonchev–Trinajstić information content (AvgIpc) is 2.67. The van der Waals surface area contributed by atoms with Crippen molar-refractivity contribution in [1.82, 2.24) is 9.97 Å². The number of anilines is 2. The van der Waals surface area contributed by atoms with Gasteiger partial charge in [-0.25, -0.2) is 9.97 Å². The van der Waals surface area contributed by atoms with Gasteiger partial charge in [0.05, 0.1) is 30.4 Å². The monoisotopic (exact) mass is 386 g/mol. The number of aromatic nitrogens is 2. The fourth-order valence-corrected chi connectivity index (χ4v) is 2.93. The van der Waals surface area contributed by atoms with Gasteiger partial charge in [0, 0.05) is 31.1 Å². The van der Waals surface area contributed by atoms with E-state index in [-0.39, 0.29) is 5.91 Å². The molecule has 0 atom stereocenters. The molecule has 0 saturated heterocycles. The molecule has 140 valence electrons. The third-order valence-corrected chi connectivity index (χ3v) is 4.32. The Morgan fingerprint density at radius 2 is 1.81 bits per heavy atom. The minimum Gasteiger partial charge on any atom is -0.495 e. The second-order valence-corrected chi connectivity index (χ2v) is 6.37. The van der Waals surface area contributed by atoms with Crippen molar-refractivity contribution < 1.29 is 14.3 Å². The first-order valence-corrected chi connectivity index (χ1v) is 8.47. The summed E-state index contributed by atoms with van der Waals surface area (Å²) in [7, 11) is 6.83. The second kappa shape index (κ2) is 7.67. The van der Waals surface area contributed by atoms with Gasteiger partial charge in [0.2, 0.25) is 0 Å². The highest BCUT2D eigenvalue weighted by Gasteiger charge is 2.15. The molecule has 1 amide bonds. The van der Waals surface area contributed by atoms with Crippen LogP contribution in [0.1, 0.15) is 10.4 Å². The molecule has 1 N–H and O–H groups in total. The number of fused-ring (bicyclic) bond motifs is 1. The Labute approximate surface area is 161 Å². The normalized spacial score (nSPS) is 10.6. The predicted molar refractivity (Wildman–Crippen MR) is 106 cm³/mol. The fraction of sp³-hybridized carbons (Fsp3) is 0.211. The molecule has 0 aliphatic carbocycles. The summed E-state index contributed by atoms with van der Waals surface area (Å²) in [4.78, 5) is 23.1. The molecule has 0 bridgehead atoms. The quantitative estimate of drug-likeness (QED) is 0.721. The Morgan fingerprint density at radius 3 is 2.48 bits per heavy atom. The molecule has 2 aromatic carbocycles. The molecule has 0 spiro atoms. The van der Waals surface area contributed by atoms with Crippen molar-refractivity contribution in [3.63, 3.8) is 0 Å². The lowest BCUT2D eigenvalue weighted by Gasteiger charge is -2.15. The van der Waals surface area contributed by atoms with E-state index in [2.05, 4.69) is 15.3 Å². The van der Waals surface area contributed by atoms with E-state index in [9.17, 15) is 4.79 Å². The summed E-state index contributed by atoms with van der Waals surface area (Å²) in [6.45, 7) is 0. The van der Waals surface area contributed by atoms with Gasteiger partial charge in [-0.3, -0.25) is 4.79 Å². The number of ether oxygens (including phenoxy) is 2. The minimum absolute atomic E-state index is 0.304. The highest BCUT2D eigenvalue weighted by Crippen LogP contribution is 2.36. The summed E-state index contributed by atoms with van der Waals surface area (Å²) < 4.78 is 10.5. The average molecular weight is 387 g/mol. The van der Waals surface area contributed by atoms with Crippen LogP contribution in [-0.4, -0.2) is 44.2 Å². The molecule has 0 aliphatic rings. The van der Waals surface area contributed by atoms with Crippen LogP contribution in [-0.2, 0) is 0 Å². The number of carbonyl (C=O) groups excluding carboxylic acids is 1. The van der Waals surface area contributed by atoms with E-state index in [0.29, 0.717) is 33.3 Å². The second-order valence-electron chi connectivity index (χ2n) is 5.96. The van der Waals surface area contributed by atoms with Crippen LogP contribution in [0.4, 0.5) is 11.5 Å². The van der Waals surface area contributed by atoms with Gasteiger partial charge in [0.15, 0.2) is 0 Å². The van der Waals surface area contributed by atoms with Gasteiger partial charge < -0.3 is 19.7 Å². The van der Waals surface area contributed by atoms with Crippen molar-refractivity contribution in [2.45, 2.75) is 0 Å². The van der Waals surface area contributed by atoms with E-state index in [1.165, 1.54) is 20.5 Å². The van der Waals surface area contributed by atoms with Crippen LogP contribution in [0.3, 0.4) is 0 Å². The van der Waals surface area contributed by atoms with Crippen LogP contribution in [0.5, 0.6) is 11.5 Å².